The van der Waals surface area contributed by atoms with Crippen LogP contribution in [0.1, 0.15) is 36.8 Å². The molecule has 4 aromatic rings. The van der Waals surface area contributed by atoms with Crippen molar-refractivity contribution in [1.82, 2.24) is 24.7 Å². The molecular weight excluding hydrogens is 523 g/mol. The summed E-state index contributed by atoms with van der Waals surface area (Å²) in [6.07, 6.45) is 2.90. The average molecular weight is 551 g/mol. The molecule has 5 N–H and O–H groups in total. The van der Waals surface area contributed by atoms with Gasteiger partial charge in [-0.25, -0.2) is 19.2 Å². The zero-order chi connectivity index (χ0) is 28.6. The largest absolute Gasteiger partial charge is 0.494 e. The lowest BCUT2D eigenvalue weighted by Gasteiger charge is -2.22. The number of ether oxygens (including phenoxy) is 3. The van der Waals surface area contributed by atoms with Crippen LogP contribution in [0.15, 0.2) is 59.7 Å². The van der Waals surface area contributed by atoms with Crippen LogP contribution in [0, 0.1) is 11.2 Å². The number of hydrogen-bond donors (Lipinski definition) is 4. The lowest BCUT2D eigenvalue weighted by molar-refractivity contribution is -0.141. The normalized spacial score (nSPS) is 11.5. The lowest BCUT2D eigenvalue weighted by Crippen LogP contribution is -2.21. The number of halogens is 1. The highest BCUT2D eigenvalue weighted by molar-refractivity contribution is 6.00. The molecule has 208 valence electrons. The predicted octanol–water partition coefficient (Wildman–Crippen LogP) is 2.32. The molecule has 0 aliphatic carbocycles. The van der Waals surface area contributed by atoms with Gasteiger partial charge in [-0.2, -0.15) is 0 Å². The summed E-state index contributed by atoms with van der Waals surface area (Å²) in [5.41, 5.74) is 5.85. The molecule has 0 radical (unpaired) electrons. The van der Waals surface area contributed by atoms with Crippen molar-refractivity contribution in [2.75, 3.05) is 25.1 Å². The number of rotatable bonds is 12. The summed E-state index contributed by atoms with van der Waals surface area (Å²) >= 11 is 0. The van der Waals surface area contributed by atoms with E-state index in [9.17, 15) is 9.59 Å². The van der Waals surface area contributed by atoms with E-state index >= 15 is 4.39 Å². The van der Waals surface area contributed by atoms with Crippen molar-refractivity contribution < 1.29 is 23.4 Å². The van der Waals surface area contributed by atoms with Crippen LogP contribution in [0.3, 0.4) is 0 Å². The molecule has 1 unspecified atom stereocenters. The third kappa shape index (κ3) is 6.40. The Morgan fingerprint density at radius 2 is 1.93 bits per heavy atom. The van der Waals surface area contributed by atoms with Crippen LogP contribution >= 0.6 is 0 Å². The van der Waals surface area contributed by atoms with Gasteiger partial charge in [0.1, 0.15) is 30.8 Å². The first-order chi connectivity index (χ1) is 19.3. The number of nitrogens with two attached hydrogens (primary N) is 1. The number of esters is 1. The first-order valence-electron chi connectivity index (χ1n) is 12.2. The average Bonchev–Trinajstić information content (AvgIpc) is 3.33. The van der Waals surface area contributed by atoms with Gasteiger partial charge in [-0.1, -0.05) is 12.1 Å². The van der Waals surface area contributed by atoms with Gasteiger partial charge >= 0.3 is 11.7 Å². The second-order valence-corrected chi connectivity index (χ2v) is 8.26. The molecule has 2 aromatic heterocycles. The molecule has 0 aliphatic rings. The molecule has 0 amide bonds. The number of hydrogen-bond acceptors (Lipinski definition) is 10. The van der Waals surface area contributed by atoms with Crippen LogP contribution in [0.5, 0.6) is 11.5 Å². The number of aromatic nitrogens is 5. The Labute approximate surface area is 227 Å². The molecule has 4 rings (SSSR count). The van der Waals surface area contributed by atoms with E-state index in [1.807, 2.05) is 0 Å². The highest BCUT2D eigenvalue weighted by Crippen LogP contribution is 2.35. The highest BCUT2D eigenvalue weighted by atomic mass is 19.1. The van der Waals surface area contributed by atoms with Crippen molar-refractivity contribution in [3.8, 4) is 17.4 Å². The zero-order valence-electron chi connectivity index (χ0n) is 21.7. The Balaban J connectivity index is 1.84. The number of carbonyl (C=O) groups is 1. The molecule has 0 spiro atoms. The van der Waals surface area contributed by atoms with Crippen LogP contribution in [0.25, 0.3) is 5.95 Å². The number of para-hydroxylation sites is 1. The molecule has 2 aromatic carbocycles. The van der Waals surface area contributed by atoms with Crippen LogP contribution in [-0.4, -0.2) is 56.4 Å². The van der Waals surface area contributed by atoms with Crippen LogP contribution in [0.4, 0.5) is 10.1 Å². The van der Waals surface area contributed by atoms with Gasteiger partial charge in [-0.3, -0.25) is 15.2 Å². The third-order valence-corrected chi connectivity index (χ3v) is 5.48. The Bertz CT molecular complexity index is 1560. The van der Waals surface area contributed by atoms with Crippen molar-refractivity contribution in [2.45, 2.75) is 19.9 Å². The molecule has 0 fully saturated rings. The van der Waals surface area contributed by atoms with E-state index in [2.05, 4.69) is 25.4 Å². The molecule has 0 saturated carbocycles. The minimum Gasteiger partial charge on any atom is -0.494 e. The van der Waals surface area contributed by atoms with Gasteiger partial charge in [0, 0.05) is 42.2 Å². The molecular formula is C26H27FN8O5. The number of nitrogens with one attached hydrogen (secondary N) is 3. The summed E-state index contributed by atoms with van der Waals surface area (Å²) in [6.45, 7) is 3.09. The van der Waals surface area contributed by atoms with Crippen molar-refractivity contribution in [2.24, 2.45) is 5.73 Å². The fraction of sp³-hybridized carbons (Fsp3) is 0.231. The number of nitrogen functional groups attached to an aromatic ring is 1. The molecule has 1 atom stereocenters. The number of benzene rings is 2. The first-order valence-corrected chi connectivity index (χ1v) is 12.2. The summed E-state index contributed by atoms with van der Waals surface area (Å²) < 4.78 is 33.1. The van der Waals surface area contributed by atoms with Gasteiger partial charge in [0.05, 0.1) is 6.61 Å². The number of anilines is 1. The van der Waals surface area contributed by atoms with Gasteiger partial charge in [0.2, 0.25) is 0 Å². The van der Waals surface area contributed by atoms with Crippen molar-refractivity contribution in [3.05, 3.63) is 88.1 Å². The van der Waals surface area contributed by atoms with Crippen molar-refractivity contribution in [1.29, 1.82) is 5.41 Å². The quantitative estimate of drug-likeness (QED) is 0.0883. The molecule has 0 bridgehead atoms. The van der Waals surface area contributed by atoms with Crippen LogP contribution in [-0.2, 0) is 9.53 Å². The third-order valence-electron chi connectivity index (χ3n) is 5.48. The number of nitrogens with zero attached hydrogens (tertiary/aromatic N) is 4. The maximum atomic E-state index is 16.1. The van der Waals surface area contributed by atoms with E-state index in [0.717, 1.165) is 4.68 Å². The van der Waals surface area contributed by atoms with E-state index in [1.54, 1.807) is 37.3 Å². The topological polar surface area (TPSA) is 183 Å². The monoisotopic (exact) mass is 550 g/mol. The van der Waals surface area contributed by atoms with E-state index in [-0.39, 0.29) is 54.5 Å². The van der Waals surface area contributed by atoms with Gasteiger partial charge in [-0.15, -0.1) is 9.78 Å². The number of amidine groups is 1. The Hall–Kier alpha value is -5.27. The van der Waals surface area contributed by atoms with Crippen LogP contribution < -0.4 is 26.2 Å². The number of H-pyrrole nitrogens is 1. The van der Waals surface area contributed by atoms with Gasteiger partial charge in [0.25, 0.3) is 5.95 Å². The van der Waals surface area contributed by atoms with Crippen LogP contribution in [0.2, 0.25) is 0 Å². The van der Waals surface area contributed by atoms with E-state index in [1.165, 1.54) is 31.5 Å². The molecule has 40 heavy (non-hydrogen) atoms. The second kappa shape index (κ2) is 12.5. The van der Waals surface area contributed by atoms with Gasteiger partial charge < -0.3 is 25.3 Å². The Kier molecular flexibility index (Phi) is 8.69. The summed E-state index contributed by atoms with van der Waals surface area (Å²) in [6, 6.07) is 9.96. The maximum Gasteiger partial charge on any atom is 0.350 e. The lowest BCUT2D eigenvalue weighted by atomic mass is 10.0. The first kappa shape index (κ1) is 27.8. The smallest absolute Gasteiger partial charge is 0.350 e. The fourth-order valence-corrected chi connectivity index (χ4v) is 3.79. The Morgan fingerprint density at radius 1 is 1.18 bits per heavy atom. The highest BCUT2D eigenvalue weighted by Gasteiger charge is 2.27. The summed E-state index contributed by atoms with van der Waals surface area (Å²) in [5, 5.41) is 15.4. The predicted molar refractivity (Wildman–Crippen MR) is 142 cm³/mol. The maximum absolute atomic E-state index is 16.1. The minimum atomic E-state index is -1.13. The van der Waals surface area contributed by atoms with Gasteiger partial charge in [-0.05, 0) is 31.2 Å². The van der Waals surface area contributed by atoms with E-state index < -0.39 is 23.5 Å². The summed E-state index contributed by atoms with van der Waals surface area (Å²) in [4.78, 5) is 34.7. The molecule has 13 nitrogen and oxygen atoms in total. The van der Waals surface area contributed by atoms with Gasteiger partial charge in [0.15, 0.2) is 17.4 Å². The molecule has 0 saturated heterocycles. The van der Waals surface area contributed by atoms with E-state index in [0.29, 0.717) is 11.3 Å². The summed E-state index contributed by atoms with van der Waals surface area (Å²) in [5.74, 6) is -1.38. The SMILES string of the molecule is CCOc1cc(OCCOC(C)=O)c(F)c(C(Nc2ccccc2C(=N)N)c2nn(-c3ncccn3)c(=O)[nH]2)c1. The minimum absolute atomic E-state index is 0.00155. The number of aromatic amines is 1. The zero-order valence-corrected chi connectivity index (χ0v) is 21.7. The molecule has 0 aliphatic heterocycles. The standard InChI is InChI=1S/C26H27FN8O5/c1-3-38-16-13-18(21(27)20(14-16)40-12-11-39-15(2)36)22(32-19-8-5-4-7-17(19)23(28)29)24-33-26(37)35(34-24)25-30-9-6-10-31-25/h4-10,13-14,22,32H,3,11-12H2,1-2H3,(H3,28,29)(H,33,34,37). The van der Waals surface area contributed by atoms with E-state index in [4.69, 9.17) is 25.4 Å². The summed E-state index contributed by atoms with van der Waals surface area (Å²) in [7, 11) is 0. The number of carbonyl (C=O) groups excluding carboxylic acids is 1. The molecule has 14 heteroatoms. The Morgan fingerprint density at radius 3 is 2.62 bits per heavy atom. The fourth-order valence-electron chi connectivity index (χ4n) is 3.79. The van der Waals surface area contributed by atoms with Crippen molar-refractivity contribution in [3.63, 3.8) is 0 Å². The second-order valence-electron chi connectivity index (χ2n) is 8.26. The van der Waals surface area contributed by atoms with Crippen molar-refractivity contribution >= 4 is 17.5 Å². The molecule has 2 heterocycles.